The van der Waals surface area contributed by atoms with Crippen LogP contribution in [0.3, 0.4) is 0 Å². The van der Waals surface area contributed by atoms with Gasteiger partial charge in [-0.3, -0.25) is 14.5 Å². The number of carbonyl (C=O) groups is 1. The van der Waals surface area contributed by atoms with Crippen LogP contribution in [-0.2, 0) is 13.6 Å². The number of carbonyl (C=O) groups excluding carboxylic acids is 1. The number of hydrogen-bond acceptors (Lipinski definition) is 5. The highest BCUT2D eigenvalue weighted by Gasteiger charge is 2.24. The van der Waals surface area contributed by atoms with Crippen molar-refractivity contribution in [2.45, 2.75) is 26.3 Å². The first-order valence-corrected chi connectivity index (χ1v) is 10.0. The van der Waals surface area contributed by atoms with Crippen LogP contribution in [-0.4, -0.2) is 40.0 Å². The van der Waals surface area contributed by atoms with Gasteiger partial charge in [-0.05, 0) is 44.3 Å². The van der Waals surface area contributed by atoms with Gasteiger partial charge in [-0.25, -0.2) is 4.98 Å². The van der Waals surface area contributed by atoms with Gasteiger partial charge in [-0.1, -0.05) is 30.3 Å². The van der Waals surface area contributed by atoms with Crippen LogP contribution in [0, 0.1) is 12.8 Å². The van der Waals surface area contributed by atoms with Gasteiger partial charge in [0.2, 0.25) is 5.71 Å². The fourth-order valence-corrected chi connectivity index (χ4v) is 3.98. The molecule has 4 rings (SSSR count). The fourth-order valence-electron chi connectivity index (χ4n) is 3.98. The Hall–Kier alpha value is -2.93. The smallest absolute Gasteiger partial charge is 0.265 e. The molecule has 7 heteroatoms. The molecular formula is C22H26N4O3. The van der Waals surface area contributed by atoms with Gasteiger partial charge in [0, 0.05) is 20.1 Å². The minimum absolute atomic E-state index is 0.213. The van der Waals surface area contributed by atoms with Gasteiger partial charge in [0.25, 0.3) is 11.5 Å². The van der Waals surface area contributed by atoms with Crippen molar-refractivity contribution in [3.63, 3.8) is 0 Å². The zero-order valence-electron chi connectivity index (χ0n) is 16.9. The molecule has 0 radical (unpaired) electrons. The van der Waals surface area contributed by atoms with Crippen LogP contribution in [0.1, 0.15) is 34.5 Å². The van der Waals surface area contributed by atoms with Crippen LogP contribution in [0.25, 0.3) is 11.1 Å². The largest absolute Gasteiger partial charge is 0.442 e. The minimum Gasteiger partial charge on any atom is -0.442 e. The number of benzene rings is 1. The predicted molar refractivity (Wildman–Crippen MR) is 111 cm³/mol. The van der Waals surface area contributed by atoms with E-state index in [1.165, 1.54) is 16.5 Å². The fraction of sp³-hybridized carbons (Fsp3) is 0.409. The van der Waals surface area contributed by atoms with E-state index in [1.54, 1.807) is 14.0 Å². The van der Waals surface area contributed by atoms with Crippen molar-refractivity contribution in [1.82, 2.24) is 19.8 Å². The van der Waals surface area contributed by atoms with Crippen LogP contribution < -0.4 is 10.9 Å². The number of hydrogen-bond donors (Lipinski definition) is 1. The second-order valence-corrected chi connectivity index (χ2v) is 7.79. The van der Waals surface area contributed by atoms with Crippen LogP contribution in [0.2, 0.25) is 0 Å². The van der Waals surface area contributed by atoms with E-state index in [0.717, 1.165) is 32.5 Å². The quantitative estimate of drug-likeness (QED) is 0.719. The van der Waals surface area contributed by atoms with Gasteiger partial charge in [0.15, 0.2) is 0 Å². The van der Waals surface area contributed by atoms with Gasteiger partial charge in [0.05, 0.1) is 5.56 Å². The average molecular weight is 394 g/mol. The number of fused-ring (bicyclic) bond motifs is 1. The molecule has 1 aliphatic rings. The molecule has 0 aliphatic carbocycles. The maximum atomic E-state index is 12.8. The molecule has 1 amide bonds. The normalized spacial score (nSPS) is 15.7. The van der Waals surface area contributed by atoms with Crippen molar-refractivity contribution in [1.29, 1.82) is 0 Å². The number of nitrogens with zero attached hydrogens (tertiary/aromatic N) is 3. The molecule has 1 saturated heterocycles. The lowest BCUT2D eigenvalue weighted by atomic mass is 9.96. The molecule has 29 heavy (non-hydrogen) atoms. The highest BCUT2D eigenvalue weighted by Crippen LogP contribution is 2.22. The molecule has 0 saturated carbocycles. The summed E-state index contributed by atoms with van der Waals surface area (Å²) < 4.78 is 6.88. The Labute approximate surface area is 169 Å². The van der Waals surface area contributed by atoms with E-state index in [-0.39, 0.29) is 22.6 Å². The SMILES string of the molecule is Cc1oc2ncn(C)c(=O)c2c1C(=O)NCC1CCN(Cc2ccccc2)CC1. The lowest BCUT2D eigenvalue weighted by Crippen LogP contribution is -2.38. The third-order valence-electron chi connectivity index (χ3n) is 5.68. The van der Waals surface area contributed by atoms with Gasteiger partial charge in [-0.15, -0.1) is 0 Å². The Kier molecular flexibility index (Phi) is 5.49. The Balaban J connectivity index is 1.35. The standard InChI is InChI=1S/C22H26N4O3/c1-15-18(19-21(29-15)24-14-25(2)22(19)28)20(27)23-12-16-8-10-26(11-9-16)13-17-6-4-3-5-7-17/h3-7,14,16H,8-13H2,1-2H3,(H,23,27). The summed E-state index contributed by atoms with van der Waals surface area (Å²) in [6.45, 7) is 5.31. The van der Waals surface area contributed by atoms with E-state index in [0.29, 0.717) is 23.8 Å². The van der Waals surface area contributed by atoms with Crippen LogP contribution in [0.5, 0.6) is 0 Å². The number of likely N-dealkylation sites (tertiary alicyclic amines) is 1. The average Bonchev–Trinajstić information content (AvgIpc) is 3.07. The van der Waals surface area contributed by atoms with Gasteiger partial charge < -0.3 is 14.3 Å². The second-order valence-electron chi connectivity index (χ2n) is 7.79. The van der Waals surface area contributed by atoms with Gasteiger partial charge in [-0.2, -0.15) is 0 Å². The summed E-state index contributed by atoms with van der Waals surface area (Å²) in [5, 5.41) is 3.26. The maximum absolute atomic E-state index is 12.8. The number of rotatable bonds is 5. The lowest BCUT2D eigenvalue weighted by Gasteiger charge is -2.32. The minimum atomic E-state index is -0.272. The molecule has 1 aliphatic heterocycles. The highest BCUT2D eigenvalue weighted by molar-refractivity contribution is 6.06. The molecule has 0 spiro atoms. The molecule has 2 aromatic heterocycles. The van der Waals surface area contributed by atoms with Crippen molar-refractivity contribution in [3.05, 3.63) is 63.9 Å². The van der Waals surface area contributed by atoms with Crippen molar-refractivity contribution in [2.75, 3.05) is 19.6 Å². The maximum Gasteiger partial charge on any atom is 0.265 e. The lowest BCUT2D eigenvalue weighted by molar-refractivity contribution is 0.0935. The summed E-state index contributed by atoms with van der Waals surface area (Å²) in [4.78, 5) is 31.8. The summed E-state index contributed by atoms with van der Waals surface area (Å²) in [6.07, 6.45) is 3.49. The van der Waals surface area contributed by atoms with Crippen molar-refractivity contribution in [2.24, 2.45) is 13.0 Å². The first-order chi connectivity index (χ1) is 14.0. The number of amides is 1. The zero-order chi connectivity index (χ0) is 20.4. The van der Waals surface area contributed by atoms with Crippen molar-refractivity contribution in [3.8, 4) is 0 Å². The van der Waals surface area contributed by atoms with E-state index in [4.69, 9.17) is 4.42 Å². The molecule has 1 aromatic carbocycles. The molecule has 7 nitrogen and oxygen atoms in total. The van der Waals surface area contributed by atoms with Crippen LogP contribution >= 0.6 is 0 Å². The molecule has 0 atom stereocenters. The zero-order valence-corrected chi connectivity index (χ0v) is 16.9. The Morgan fingerprint density at radius 2 is 1.97 bits per heavy atom. The van der Waals surface area contributed by atoms with Crippen molar-refractivity contribution < 1.29 is 9.21 Å². The molecule has 152 valence electrons. The van der Waals surface area contributed by atoms with E-state index in [1.807, 2.05) is 6.07 Å². The first kappa shape index (κ1) is 19.4. The van der Waals surface area contributed by atoms with E-state index in [9.17, 15) is 9.59 Å². The molecule has 1 fully saturated rings. The summed E-state index contributed by atoms with van der Waals surface area (Å²) in [7, 11) is 1.61. The summed E-state index contributed by atoms with van der Waals surface area (Å²) >= 11 is 0. The summed E-state index contributed by atoms with van der Waals surface area (Å²) in [6, 6.07) is 10.5. The topological polar surface area (TPSA) is 80.4 Å². The molecule has 3 aromatic rings. The Bertz CT molecular complexity index is 1060. The third kappa shape index (κ3) is 4.10. The Morgan fingerprint density at radius 3 is 2.69 bits per heavy atom. The van der Waals surface area contributed by atoms with E-state index >= 15 is 0 Å². The number of furan rings is 1. The van der Waals surface area contributed by atoms with Crippen LogP contribution in [0.4, 0.5) is 0 Å². The van der Waals surface area contributed by atoms with Gasteiger partial charge >= 0.3 is 0 Å². The van der Waals surface area contributed by atoms with E-state index < -0.39 is 0 Å². The summed E-state index contributed by atoms with van der Waals surface area (Å²) in [5.41, 5.74) is 1.57. The van der Waals surface area contributed by atoms with Crippen LogP contribution in [0.15, 0.2) is 45.9 Å². The number of nitrogens with one attached hydrogen (secondary N) is 1. The molecule has 3 heterocycles. The van der Waals surface area contributed by atoms with E-state index in [2.05, 4.69) is 39.5 Å². The highest BCUT2D eigenvalue weighted by atomic mass is 16.3. The monoisotopic (exact) mass is 394 g/mol. The number of aromatic nitrogens is 2. The molecular weight excluding hydrogens is 368 g/mol. The van der Waals surface area contributed by atoms with Crippen molar-refractivity contribution >= 4 is 17.0 Å². The second kappa shape index (κ2) is 8.21. The molecule has 0 unspecified atom stereocenters. The van der Waals surface area contributed by atoms with Gasteiger partial charge in [0.1, 0.15) is 17.5 Å². The summed E-state index contributed by atoms with van der Waals surface area (Å²) in [5.74, 6) is 0.592. The molecule has 0 bridgehead atoms. The Morgan fingerprint density at radius 1 is 1.24 bits per heavy atom. The predicted octanol–water partition coefficient (Wildman–Crippen LogP) is 2.48. The third-order valence-corrected chi connectivity index (χ3v) is 5.68. The first-order valence-electron chi connectivity index (χ1n) is 10.0. The number of piperidine rings is 1. The molecule has 1 N–H and O–H groups in total. The number of aryl methyl sites for hydroxylation is 2.